The van der Waals surface area contributed by atoms with E-state index in [0.29, 0.717) is 6.10 Å². The highest BCUT2D eigenvalue weighted by Gasteiger charge is 2.29. The van der Waals surface area contributed by atoms with Crippen LogP contribution in [0, 0.1) is 0 Å². The Kier molecular flexibility index (Phi) is 3.85. The second kappa shape index (κ2) is 5.00. The number of piperidine rings is 1. The van der Waals surface area contributed by atoms with Gasteiger partial charge in [0.1, 0.15) is 0 Å². The molecule has 1 unspecified atom stereocenters. The molecule has 2 heterocycles. The zero-order valence-corrected chi connectivity index (χ0v) is 10.5. The van der Waals surface area contributed by atoms with Crippen molar-refractivity contribution in [2.24, 2.45) is 0 Å². The summed E-state index contributed by atoms with van der Waals surface area (Å²) in [4.78, 5) is 4.75. The van der Waals surface area contributed by atoms with Gasteiger partial charge in [-0.3, -0.25) is 0 Å². The molecule has 4 heteroatoms. The van der Waals surface area contributed by atoms with E-state index < -0.39 is 5.60 Å². The topological polar surface area (TPSA) is 35.9 Å². The Labute approximate surface area is 98.2 Å². The highest BCUT2D eigenvalue weighted by Crippen LogP contribution is 2.21. The molecule has 0 radical (unpaired) electrons. The quantitative estimate of drug-likeness (QED) is 0.730. The third kappa shape index (κ3) is 3.42. The molecule has 0 amide bonds. The molecule has 2 rings (SSSR count). The molecule has 0 saturated carbocycles. The first-order chi connectivity index (χ1) is 7.55. The van der Waals surface area contributed by atoms with Gasteiger partial charge in [-0.15, -0.1) is 0 Å². The maximum atomic E-state index is 9.87. The van der Waals surface area contributed by atoms with Crippen LogP contribution in [0.1, 0.15) is 19.8 Å². The smallest absolute Gasteiger partial charge is 0.0829 e. The molecule has 0 aliphatic carbocycles. The highest BCUT2D eigenvalue weighted by atomic mass is 16.5. The lowest BCUT2D eigenvalue weighted by Crippen LogP contribution is -2.49. The number of morpholine rings is 1. The third-order valence-corrected chi connectivity index (χ3v) is 3.74. The largest absolute Gasteiger partial charge is 0.390 e. The Hall–Kier alpha value is -0.160. The molecular weight excluding hydrogens is 204 g/mol. The van der Waals surface area contributed by atoms with Gasteiger partial charge in [0.05, 0.1) is 18.3 Å². The van der Waals surface area contributed by atoms with E-state index in [-0.39, 0.29) is 0 Å². The predicted molar refractivity (Wildman–Crippen MR) is 63.5 cm³/mol. The van der Waals surface area contributed by atoms with Crippen molar-refractivity contribution in [1.82, 2.24) is 9.80 Å². The number of rotatable bonds is 2. The molecule has 1 atom stereocenters. The summed E-state index contributed by atoms with van der Waals surface area (Å²) in [6, 6.07) is 0. The first-order valence-electron chi connectivity index (χ1n) is 6.30. The van der Waals surface area contributed by atoms with Gasteiger partial charge >= 0.3 is 0 Å². The van der Waals surface area contributed by atoms with Gasteiger partial charge in [-0.2, -0.15) is 0 Å². The van der Waals surface area contributed by atoms with Gasteiger partial charge in [-0.25, -0.2) is 0 Å². The van der Waals surface area contributed by atoms with Crippen molar-refractivity contribution in [2.45, 2.75) is 31.5 Å². The fourth-order valence-corrected chi connectivity index (χ4v) is 2.48. The van der Waals surface area contributed by atoms with E-state index in [1.807, 2.05) is 6.92 Å². The van der Waals surface area contributed by atoms with Crippen molar-refractivity contribution in [3.8, 4) is 0 Å². The summed E-state index contributed by atoms with van der Waals surface area (Å²) in [6.45, 7) is 7.88. The maximum absolute atomic E-state index is 9.87. The van der Waals surface area contributed by atoms with E-state index in [9.17, 15) is 5.11 Å². The molecule has 1 N–H and O–H groups in total. The summed E-state index contributed by atoms with van der Waals surface area (Å²) < 4.78 is 5.76. The highest BCUT2D eigenvalue weighted by molar-refractivity contribution is 4.83. The van der Waals surface area contributed by atoms with Crippen LogP contribution < -0.4 is 0 Å². The van der Waals surface area contributed by atoms with Crippen molar-refractivity contribution in [3.63, 3.8) is 0 Å². The van der Waals surface area contributed by atoms with Crippen molar-refractivity contribution in [1.29, 1.82) is 0 Å². The molecule has 2 aliphatic heterocycles. The summed E-state index contributed by atoms with van der Waals surface area (Å²) >= 11 is 0. The van der Waals surface area contributed by atoms with Crippen LogP contribution in [0.2, 0.25) is 0 Å². The van der Waals surface area contributed by atoms with Crippen molar-refractivity contribution in [2.75, 3.05) is 46.4 Å². The lowest BCUT2D eigenvalue weighted by Gasteiger charge is -2.39. The van der Waals surface area contributed by atoms with Crippen LogP contribution in [-0.4, -0.2) is 73.0 Å². The van der Waals surface area contributed by atoms with Gasteiger partial charge in [-0.05, 0) is 26.8 Å². The average Bonchev–Trinajstić information content (AvgIpc) is 2.21. The molecule has 4 nitrogen and oxygen atoms in total. The molecule has 0 bridgehead atoms. The zero-order chi connectivity index (χ0) is 11.6. The van der Waals surface area contributed by atoms with Crippen molar-refractivity contribution in [3.05, 3.63) is 0 Å². The number of aliphatic hydroxyl groups is 1. The Morgan fingerprint density at radius 1 is 1.31 bits per heavy atom. The lowest BCUT2D eigenvalue weighted by molar-refractivity contribution is -0.0555. The van der Waals surface area contributed by atoms with Crippen LogP contribution in [0.25, 0.3) is 0 Å². The minimum absolute atomic E-state index is 0.349. The number of nitrogens with zero attached hydrogens (tertiary/aromatic N) is 2. The average molecular weight is 228 g/mol. The summed E-state index contributed by atoms with van der Waals surface area (Å²) in [5, 5.41) is 9.87. The van der Waals surface area contributed by atoms with Gasteiger partial charge in [0.2, 0.25) is 0 Å². The van der Waals surface area contributed by atoms with Gasteiger partial charge in [0.25, 0.3) is 0 Å². The molecule has 0 aromatic rings. The number of hydrogen-bond acceptors (Lipinski definition) is 4. The first kappa shape index (κ1) is 12.3. The molecule has 0 spiro atoms. The Balaban J connectivity index is 1.74. The molecule has 2 aliphatic rings. The van der Waals surface area contributed by atoms with E-state index in [0.717, 1.165) is 52.2 Å². The van der Waals surface area contributed by atoms with Crippen molar-refractivity contribution < 1.29 is 9.84 Å². The van der Waals surface area contributed by atoms with Gasteiger partial charge in [0, 0.05) is 32.7 Å². The Morgan fingerprint density at radius 2 is 2.00 bits per heavy atom. The minimum atomic E-state index is -0.444. The van der Waals surface area contributed by atoms with E-state index >= 15 is 0 Å². The van der Waals surface area contributed by atoms with Crippen LogP contribution in [0.4, 0.5) is 0 Å². The molecular formula is C12H24N2O2. The standard InChI is InChI=1S/C12H24N2O2/c1-12(15)3-5-14(6-4-12)10-11-9-13(2)7-8-16-11/h11,15H,3-10H2,1-2H3. The molecule has 2 fully saturated rings. The Bertz CT molecular complexity index is 223. The zero-order valence-electron chi connectivity index (χ0n) is 10.5. The van der Waals surface area contributed by atoms with E-state index in [1.54, 1.807) is 0 Å². The second-order valence-electron chi connectivity index (χ2n) is 5.55. The summed E-state index contributed by atoms with van der Waals surface area (Å²) in [7, 11) is 2.15. The van der Waals surface area contributed by atoms with Crippen molar-refractivity contribution >= 4 is 0 Å². The van der Waals surface area contributed by atoms with E-state index in [2.05, 4.69) is 16.8 Å². The summed E-state index contributed by atoms with van der Waals surface area (Å²) in [6.07, 6.45) is 2.12. The van der Waals surface area contributed by atoms with Crippen LogP contribution in [-0.2, 0) is 4.74 Å². The maximum Gasteiger partial charge on any atom is 0.0829 e. The van der Waals surface area contributed by atoms with E-state index in [1.165, 1.54) is 0 Å². The third-order valence-electron chi connectivity index (χ3n) is 3.74. The van der Waals surface area contributed by atoms with Crippen LogP contribution >= 0.6 is 0 Å². The summed E-state index contributed by atoms with van der Waals surface area (Å²) in [5.41, 5.74) is -0.444. The van der Waals surface area contributed by atoms with Gasteiger partial charge in [0.15, 0.2) is 0 Å². The SMILES string of the molecule is CN1CCOC(CN2CCC(C)(O)CC2)C1. The van der Waals surface area contributed by atoms with Gasteiger partial charge in [-0.1, -0.05) is 0 Å². The summed E-state index contributed by atoms with van der Waals surface area (Å²) in [5.74, 6) is 0. The van der Waals surface area contributed by atoms with Crippen LogP contribution in [0.3, 0.4) is 0 Å². The van der Waals surface area contributed by atoms with Crippen LogP contribution in [0.15, 0.2) is 0 Å². The minimum Gasteiger partial charge on any atom is -0.390 e. The normalized spacial score (nSPS) is 32.8. The number of likely N-dealkylation sites (N-methyl/N-ethyl adjacent to an activating group) is 1. The van der Waals surface area contributed by atoms with Gasteiger partial charge < -0.3 is 19.6 Å². The molecule has 0 aromatic carbocycles. The molecule has 0 aromatic heterocycles. The fourth-order valence-electron chi connectivity index (χ4n) is 2.48. The fraction of sp³-hybridized carbons (Fsp3) is 1.00. The Morgan fingerprint density at radius 3 is 2.62 bits per heavy atom. The van der Waals surface area contributed by atoms with E-state index in [4.69, 9.17) is 4.74 Å². The number of ether oxygens (including phenoxy) is 1. The molecule has 2 saturated heterocycles. The van der Waals surface area contributed by atoms with Crippen LogP contribution in [0.5, 0.6) is 0 Å². The number of likely N-dealkylation sites (tertiary alicyclic amines) is 1. The molecule has 16 heavy (non-hydrogen) atoms. The number of hydrogen-bond donors (Lipinski definition) is 1. The lowest BCUT2D eigenvalue weighted by atomic mass is 9.94. The predicted octanol–water partition coefficient (Wildman–Crippen LogP) is 0.164. The monoisotopic (exact) mass is 228 g/mol. The second-order valence-corrected chi connectivity index (χ2v) is 5.55. The molecule has 94 valence electrons. The first-order valence-corrected chi connectivity index (χ1v) is 6.30.